The minimum atomic E-state index is -0.867. The van der Waals surface area contributed by atoms with Gasteiger partial charge in [0.15, 0.2) is 17.7 Å². The van der Waals surface area contributed by atoms with Crippen molar-refractivity contribution in [2.75, 3.05) is 0 Å². The average Bonchev–Trinajstić information content (AvgIpc) is 2.50. The number of carbonyl (C=O) groups excluding carboxylic acids is 1. The summed E-state index contributed by atoms with van der Waals surface area (Å²) in [7, 11) is 0. The Kier molecular flexibility index (Phi) is 5.71. The molecule has 2 atom stereocenters. The van der Waals surface area contributed by atoms with E-state index in [4.69, 9.17) is 4.74 Å². The maximum absolute atomic E-state index is 13.7. The van der Waals surface area contributed by atoms with Crippen LogP contribution in [0.1, 0.15) is 25.5 Å². The molecule has 0 bridgehead atoms. The van der Waals surface area contributed by atoms with Gasteiger partial charge in [0.05, 0.1) is 6.04 Å². The summed E-state index contributed by atoms with van der Waals surface area (Å²) < 4.78 is 32.6. The van der Waals surface area contributed by atoms with Crippen LogP contribution < -0.4 is 10.1 Å². The van der Waals surface area contributed by atoms with Gasteiger partial charge in [-0.1, -0.05) is 28.1 Å². The van der Waals surface area contributed by atoms with Crippen molar-refractivity contribution in [3.63, 3.8) is 0 Å². The number of rotatable bonds is 5. The van der Waals surface area contributed by atoms with Gasteiger partial charge in [0.2, 0.25) is 0 Å². The Morgan fingerprint density at radius 1 is 1.13 bits per heavy atom. The van der Waals surface area contributed by atoms with Gasteiger partial charge in [0, 0.05) is 4.47 Å². The standard InChI is InChI=1S/C17H16BrF2NO2/c1-10(12-3-6-14(19)7-4-12)21-17(22)11(2)23-16-8-5-13(18)9-15(16)20/h3-11H,1-2H3,(H,21,22)/t10-,11-/m0/s1. The van der Waals surface area contributed by atoms with E-state index in [1.54, 1.807) is 25.1 Å². The van der Waals surface area contributed by atoms with Crippen LogP contribution in [0.4, 0.5) is 8.78 Å². The van der Waals surface area contributed by atoms with Crippen molar-refractivity contribution in [3.05, 3.63) is 64.1 Å². The van der Waals surface area contributed by atoms with Crippen LogP contribution in [0.15, 0.2) is 46.9 Å². The second-order valence-corrected chi connectivity index (χ2v) is 6.03. The van der Waals surface area contributed by atoms with E-state index in [2.05, 4.69) is 21.2 Å². The molecule has 0 unspecified atom stereocenters. The smallest absolute Gasteiger partial charge is 0.261 e. The summed E-state index contributed by atoms with van der Waals surface area (Å²) in [5, 5.41) is 2.75. The first-order chi connectivity index (χ1) is 10.9. The highest BCUT2D eigenvalue weighted by atomic mass is 79.9. The lowest BCUT2D eigenvalue weighted by atomic mass is 10.1. The van der Waals surface area contributed by atoms with E-state index >= 15 is 0 Å². The van der Waals surface area contributed by atoms with Crippen LogP contribution in [0, 0.1) is 11.6 Å². The fourth-order valence-electron chi connectivity index (χ4n) is 1.98. The molecule has 0 fully saturated rings. The van der Waals surface area contributed by atoms with Gasteiger partial charge in [-0.25, -0.2) is 8.78 Å². The fraction of sp³-hybridized carbons (Fsp3) is 0.235. The molecule has 122 valence electrons. The molecule has 0 aliphatic carbocycles. The summed E-state index contributed by atoms with van der Waals surface area (Å²) >= 11 is 3.15. The number of halogens is 3. The third-order valence-electron chi connectivity index (χ3n) is 3.30. The van der Waals surface area contributed by atoms with E-state index < -0.39 is 11.9 Å². The average molecular weight is 384 g/mol. The molecule has 2 aromatic rings. The van der Waals surface area contributed by atoms with Gasteiger partial charge in [-0.15, -0.1) is 0 Å². The van der Waals surface area contributed by atoms with Crippen molar-refractivity contribution >= 4 is 21.8 Å². The van der Waals surface area contributed by atoms with Crippen molar-refractivity contribution in [2.24, 2.45) is 0 Å². The van der Waals surface area contributed by atoms with Crippen LogP contribution in [0.2, 0.25) is 0 Å². The number of hydrogen-bond donors (Lipinski definition) is 1. The third kappa shape index (κ3) is 4.76. The Bertz CT molecular complexity index is 691. The highest BCUT2D eigenvalue weighted by Gasteiger charge is 2.19. The summed E-state index contributed by atoms with van der Waals surface area (Å²) in [5.41, 5.74) is 0.766. The van der Waals surface area contributed by atoms with Crippen LogP contribution in [0.25, 0.3) is 0 Å². The minimum absolute atomic E-state index is 0.00489. The van der Waals surface area contributed by atoms with E-state index in [0.717, 1.165) is 5.56 Å². The molecule has 0 radical (unpaired) electrons. The first-order valence-electron chi connectivity index (χ1n) is 7.04. The Labute approximate surface area is 141 Å². The Morgan fingerprint density at radius 3 is 2.39 bits per heavy atom. The molecular weight excluding hydrogens is 368 g/mol. The Balaban J connectivity index is 1.98. The molecule has 1 amide bonds. The molecule has 6 heteroatoms. The van der Waals surface area contributed by atoms with E-state index in [1.807, 2.05) is 0 Å². The van der Waals surface area contributed by atoms with Gasteiger partial charge in [0.25, 0.3) is 5.91 Å². The number of nitrogens with one attached hydrogen (secondary N) is 1. The Hall–Kier alpha value is -1.95. The van der Waals surface area contributed by atoms with Gasteiger partial charge >= 0.3 is 0 Å². The lowest BCUT2D eigenvalue weighted by Gasteiger charge is -2.19. The lowest BCUT2D eigenvalue weighted by molar-refractivity contribution is -0.128. The topological polar surface area (TPSA) is 38.3 Å². The highest BCUT2D eigenvalue weighted by molar-refractivity contribution is 9.10. The summed E-state index contributed by atoms with van der Waals surface area (Å²) in [4.78, 5) is 12.1. The van der Waals surface area contributed by atoms with E-state index in [1.165, 1.54) is 31.2 Å². The minimum Gasteiger partial charge on any atom is -0.478 e. The van der Waals surface area contributed by atoms with E-state index in [9.17, 15) is 13.6 Å². The lowest BCUT2D eigenvalue weighted by Crippen LogP contribution is -2.37. The van der Waals surface area contributed by atoms with Crippen LogP contribution in [-0.2, 0) is 4.79 Å². The molecular formula is C17H16BrF2NO2. The largest absolute Gasteiger partial charge is 0.478 e. The molecule has 0 spiro atoms. The van der Waals surface area contributed by atoms with Crippen LogP contribution in [-0.4, -0.2) is 12.0 Å². The first-order valence-corrected chi connectivity index (χ1v) is 7.83. The van der Waals surface area contributed by atoms with E-state index in [-0.39, 0.29) is 23.5 Å². The maximum atomic E-state index is 13.7. The van der Waals surface area contributed by atoms with Crippen molar-refractivity contribution in [1.29, 1.82) is 0 Å². The normalized spacial score (nSPS) is 13.3. The predicted octanol–water partition coefficient (Wildman–Crippen LogP) is 4.37. The SMILES string of the molecule is C[C@H](Oc1ccc(Br)cc1F)C(=O)N[C@@H](C)c1ccc(F)cc1. The zero-order valence-corrected chi connectivity index (χ0v) is 14.2. The van der Waals surface area contributed by atoms with Crippen LogP contribution >= 0.6 is 15.9 Å². The zero-order chi connectivity index (χ0) is 17.0. The molecule has 2 aromatic carbocycles. The number of ether oxygens (including phenoxy) is 1. The van der Waals surface area contributed by atoms with Crippen molar-refractivity contribution in [3.8, 4) is 5.75 Å². The molecule has 3 nitrogen and oxygen atoms in total. The highest BCUT2D eigenvalue weighted by Crippen LogP contribution is 2.22. The van der Waals surface area contributed by atoms with E-state index in [0.29, 0.717) is 4.47 Å². The molecule has 0 aromatic heterocycles. The van der Waals surface area contributed by atoms with Crippen molar-refractivity contribution in [2.45, 2.75) is 26.0 Å². The molecule has 0 heterocycles. The summed E-state index contributed by atoms with van der Waals surface area (Å²) in [6.45, 7) is 3.31. The number of carbonyl (C=O) groups is 1. The second kappa shape index (κ2) is 7.55. The molecule has 1 N–H and O–H groups in total. The summed E-state index contributed by atoms with van der Waals surface area (Å²) in [5.74, 6) is -1.27. The van der Waals surface area contributed by atoms with Crippen LogP contribution in [0.5, 0.6) is 5.75 Å². The predicted molar refractivity (Wildman–Crippen MR) is 87.1 cm³/mol. The van der Waals surface area contributed by atoms with Gasteiger partial charge in [-0.05, 0) is 49.7 Å². The zero-order valence-electron chi connectivity index (χ0n) is 12.6. The summed E-state index contributed by atoms with van der Waals surface area (Å²) in [6.07, 6.45) is -0.867. The molecule has 2 rings (SSSR count). The quantitative estimate of drug-likeness (QED) is 0.832. The fourth-order valence-corrected chi connectivity index (χ4v) is 2.31. The number of benzene rings is 2. The molecule has 0 saturated carbocycles. The van der Waals surface area contributed by atoms with Gasteiger partial charge in [-0.3, -0.25) is 4.79 Å². The van der Waals surface area contributed by atoms with Gasteiger partial charge < -0.3 is 10.1 Å². The Morgan fingerprint density at radius 2 is 1.78 bits per heavy atom. The van der Waals surface area contributed by atoms with Gasteiger partial charge in [-0.2, -0.15) is 0 Å². The maximum Gasteiger partial charge on any atom is 0.261 e. The monoisotopic (exact) mass is 383 g/mol. The number of hydrogen-bond acceptors (Lipinski definition) is 2. The number of amides is 1. The third-order valence-corrected chi connectivity index (χ3v) is 3.79. The van der Waals surface area contributed by atoms with Crippen LogP contribution in [0.3, 0.4) is 0 Å². The molecule has 0 saturated heterocycles. The molecule has 0 aliphatic rings. The summed E-state index contributed by atoms with van der Waals surface area (Å²) in [6, 6.07) is 9.88. The van der Waals surface area contributed by atoms with Gasteiger partial charge in [0.1, 0.15) is 5.82 Å². The second-order valence-electron chi connectivity index (χ2n) is 5.12. The molecule has 0 aliphatic heterocycles. The molecule has 23 heavy (non-hydrogen) atoms. The van der Waals surface area contributed by atoms with Crippen molar-refractivity contribution < 1.29 is 18.3 Å². The van der Waals surface area contributed by atoms with Crippen molar-refractivity contribution in [1.82, 2.24) is 5.32 Å². The first kappa shape index (κ1) is 17.4.